The lowest BCUT2D eigenvalue weighted by molar-refractivity contribution is -0.0246. The van der Waals surface area contributed by atoms with E-state index in [4.69, 9.17) is 0 Å². The summed E-state index contributed by atoms with van der Waals surface area (Å²) in [6.07, 6.45) is 4.07. The summed E-state index contributed by atoms with van der Waals surface area (Å²) >= 11 is 0. The Hall–Kier alpha value is -0.110. The summed E-state index contributed by atoms with van der Waals surface area (Å²) in [5.41, 5.74) is 0. The fourth-order valence-corrected chi connectivity index (χ4v) is 2.85. The van der Waals surface area contributed by atoms with Crippen LogP contribution in [0, 0.1) is 5.92 Å². The van der Waals surface area contributed by atoms with Crippen LogP contribution in [-0.4, -0.2) is 30.2 Å². The number of halogens is 1. The fraction of sp³-hybridized carbons (Fsp3) is 1.00. The van der Waals surface area contributed by atoms with Crippen LogP contribution in [0.2, 0.25) is 0 Å². The van der Waals surface area contributed by atoms with Crippen LogP contribution >= 0.6 is 0 Å². The van der Waals surface area contributed by atoms with Crippen molar-refractivity contribution >= 4 is 0 Å². The normalized spacial score (nSPS) is 49.2. The molecule has 0 aliphatic carbocycles. The Morgan fingerprint density at radius 2 is 2.08 bits per heavy atom. The minimum absolute atomic E-state index is 0.229. The molecule has 4 atom stereocenters. The van der Waals surface area contributed by atoms with Crippen molar-refractivity contribution in [3.05, 3.63) is 0 Å². The molecule has 0 aromatic rings. The first-order valence-corrected chi connectivity index (χ1v) is 5.06. The van der Waals surface area contributed by atoms with Gasteiger partial charge in [0.25, 0.3) is 0 Å². The first kappa shape index (κ1) is 8.49. The summed E-state index contributed by atoms with van der Waals surface area (Å²) in [7, 11) is 2.09. The Morgan fingerprint density at radius 1 is 1.33 bits per heavy atom. The molecule has 2 saturated heterocycles. The molecule has 2 rings (SSSR count). The molecule has 2 heterocycles. The summed E-state index contributed by atoms with van der Waals surface area (Å²) in [4.78, 5) is 2.27. The van der Waals surface area contributed by atoms with Crippen molar-refractivity contribution in [2.24, 2.45) is 5.92 Å². The molecule has 2 heteroatoms. The first-order chi connectivity index (χ1) is 5.70. The van der Waals surface area contributed by atoms with Crippen molar-refractivity contribution in [3.8, 4) is 0 Å². The van der Waals surface area contributed by atoms with Crippen molar-refractivity contribution < 1.29 is 4.39 Å². The molecule has 0 radical (unpaired) electrons. The van der Waals surface area contributed by atoms with Gasteiger partial charge in [-0.25, -0.2) is 4.39 Å². The van der Waals surface area contributed by atoms with E-state index in [9.17, 15) is 4.39 Å². The van der Waals surface area contributed by atoms with Crippen LogP contribution in [0.1, 0.15) is 32.6 Å². The molecule has 0 saturated carbocycles. The van der Waals surface area contributed by atoms with E-state index in [0.29, 0.717) is 6.04 Å². The van der Waals surface area contributed by atoms with Gasteiger partial charge in [-0.2, -0.15) is 0 Å². The number of nitrogens with zero attached hydrogens (tertiary/aromatic N) is 1. The summed E-state index contributed by atoms with van der Waals surface area (Å²) in [6, 6.07) is 0.901. The van der Waals surface area contributed by atoms with E-state index in [-0.39, 0.29) is 12.0 Å². The molecule has 70 valence electrons. The van der Waals surface area contributed by atoms with Gasteiger partial charge in [-0.15, -0.1) is 0 Å². The number of piperidine rings is 2. The summed E-state index contributed by atoms with van der Waals surface area (Å²) in [6.45, 7) is 2.06. The topological polar surface area (TPSA) is 3.24 Å². The molecule has 12 heavy (non-hydrogen) atoms. The van der Waals surface area contributed by atoms with E-state index in [2.05, 4.69) is 18.9 Å². The highest BCUT2D eigenvalue weighted by Crippen LogP contribution is 2.37. The smallest absolute Gasteiger partial charge is 0.118 e. The van der Waals surface area contributed by atoms with Crippen LogP contribution in [0.3, 0.4) is 0 Å². The molecule has 4 unspecified atom stereocenters. The molecule has 0 amide bonds. The third-order valence-corrected chi connectivity index (χ3v) is 3.69. The van der Waals surface area contributed by atoms with E-state index in [0.717, 1.165) is 12.8 Å². The van der Waals surface area contributed by atoms with E-state index in [1.165, 1.54) is 12.8 Å². The maximum atomic E-state index is 13.7. The highest BCUT2D eigenvalue weighted by molar-refractivity contribution is 4.95. The minimum atomic E-state index is -0.577. The van der Waals surface area contributed by atoms with Gasteiger partial charge in [0.05, 0.1) is 0 Å². The fourth-order valence-electron chi connectivity index (χ4n) is 2.85. The zero-order valence-electron chi connectivity index (χ0n) is 7.96. The molecular weight excluding hydrogens is 153 g/mol. The third kappa shape index (κ3) is 1.17. The second kappa shape index (κ2) is 2.99. The summed E-state index contributed by atoms with van der Waals surface area (Å²) in [5.74, 6) is 0.288. The maximum Gasteiger partial charge on any atom is 0.118 e. The molecule has 0 spiro atoms. The van der Waals surface area contributed by atoms with Crippen LogP contribution in [-0.2, 0) is 0 Å². The van der Waals surface area contributed by atoms with Crippen molar-refractivity contribution in [1.82, 2.24) is 4.90 Å². The molecule has 0 aromatic heterocycles. The number of rotatable bonds is 0. The second-order valence-corrected chi connectivity index (χ2v) is 4.47. The monoisotopic (exact) mass is 171 g/mol. The SMILES string of the molecule is CC1CC2CCCC(C1F)N2C. The molecule has 2 aliphatic heterocycles. The van der Waals surface area contributed by atoms with Gasteiger partial charge in [-0.05, 0) is 32.2 Å². The van der Waals surface area contributed by atoms with Gasteiger partial charge in [-0.1, -0.05) is 13.3 Å². The predicted molar refractivity (Wildman–Crippen MR) is 47.9 cm³/mol. The summed E-state index contributed by atoms with van der Waals surface area (Å²) in [5, 5.41) is 0. The van der Waals surface area contributed by atoms with Crippen molar-refractivity contribution in [2.75, 3.05) is 7.05 Å². The highest BCUT2D eigenvalue weighted by atomic mass is 19.1. The van der Waals surface area contributed by atoms with E-state index in [1.807, 2.05) is 0 Å². The van der Waals surface area contributed by atoms with Gasteiger partial charge in [0.15, 0.2) is 0 Å². The van der Waals surface area contributed by atoms with Gasteiger partial charge in [0.2, 0.25) is 0 Å². The Bertz CT molecular complexity index is 167. The molecule has 1 nitrogen and oxygen atoms in total. The van der Waals surface area contributed by atoms with Crippen LogP contribution < -0.4 is 0 Å². The van der Waals surface area contributed by atoms with E-state index in [1.54, 1.807) is 0 Å². The minimum Gasteiger partial charge on any atom is -0.298 e. The zero-order chi connectivity index (χ0) is 8.72. The van der Waals surface area contributed by atoms with Gasteiger partial charge < -0.3 is 0 Å². The first-order valence-electron chi connectivity index (χ1n) is 5.06. The number of hydrogen-bond donors (Lipinski definition) is 0. The molecule has 2 bridgehead atoms. The molecular formula is C10H18FN. The quantitative estimate of drug-likeness (QED) is 0.540. The van der Waals surface area contributed by atoms with Gasteiger partial charge in [-0.3, -0.25) is 4.90 Å². The molecule has 2 fully saturated rings. The Kier molecular flexibility index (Phi) is 2.11. The van der Waals surface area contributed by atoms with Crippen LogP contribution in [0.4, 0.5) is 4.39 Å². The molecule has 0 N–H and O–H groups in total. The van der Waals surface area contributed by atoms with E-state index < -0.39 is 6.17 Å². The van der Waals surface area contributed by atoms with Gasteiger partial charge in [0, 0.05) is 12.1 Å². The predicted octanol–water partition coefficient (Wildman–Crippen LogP) is 2.22. The van der Waals surface area contributed by atoms with Crippen LogP contribution in [0.25, 0.3) is 0 Å². The van der Waals surface area contributed by atoms with Crippen molar-refractivity contribution in [2.45, 2.75) is 50.9 Å². The van der Waals surface area contributed by atoms with E-state index >= 15 is 0 Å². The standard InChI is InChI=1S/C10H18FN/c1-7-6-8-4-3-5-9(10(7)11)12(8)2/h7-10H,3-6H2,1-2H3. The number of alkyl halides is 1. The Balaban J connectivity index is 2.14. The molecule has 0 aromatic carbocycles. The Morgan fingerprint density at radius 3 is 2.83 bits per heavy atom. The third-order valence-electron chi connectivity index (χ3n) is 3.69. The van der Waals surface area contributed by atoms with Gasteiger partial charge in [0.1, 0.15) is 6.17 Å². The zero-order valence-corrected chi connectivity index (χ0v) is 7.96. The largest absolute Gasteiger partial charge is 0.298 e. The van der Waals surface area contributed by atoms with Gasteiger partial charge >= 0.3 is 0 Å². The van der Waals surface area contributed by atoms with Crippen LogP contribution in [0.5, 0.6) is 0 Å². The number of hydrogen-bond acceptors (Lipinski definition) is 1. The highest BCUT2D eigenvalue weighted by Gasteiger charge is 2.41. The second-order valence-electron chi connectivity index (χ2n) is 4.47. The van der Waals surface area contributed by atoms with Crippen molar-refractivity contribution in [1.29, 1.82) is 0 Å². The lowest BCUT2D eigenvalue weighted by Crippen LogP contribution is -2.55. The Labute approximate surface area is 73.9 Å². The summed E-state index contributed by atoms with van der Waals surface area (Å²) < 4.78 is 13.7. The maximum absolute atomic E-state index is 13.7. The average molecular weight is 171 g/mol. The number of fused-ring (bicyclic) bond motifs is 2. The van der Waals surface area contributed by atoms with Crippen LogP contribution in [0.15, 0.2) is 0 Å². The average Bonchev–Trinajstić information content (AvgIpc) is 2.04. The van der Waals surface area contributed by atoms with Crippen molar-refractivity contribution in [3.63, 3.8) is 0 Å². The molecule has 2 aliphatic rings. The lowest BCUT2D eigenvalue weighted by Gasteiger charge is -2.48. The lowest BCUT2D eigenvalue weighted by atomic mass is 9.78.